The maximum atomic E-state index is 6.04. The first-order valence-electron chi connectivity index (χ1n) is 9.44. The largest absolute Gasteiger partial charge is 0.357 e. The van der Waals surface area contributed by atoms with E-state index in [9.17, 15) is 0 Å². The van der Waals surface area contributed by atoms with Crippen LogP contribution in [-0.2, 0) is 25.9 Å². The third-order valence-electron chi connectivity index (χ3n) is 4.48. The molecule has 0 saturated heterocycles. The molecule has 7 heteroatoms. The van der Waals surface area contributed by atoms with Gasteiger partial charge in [-0.05, 0) is 37.5 Å². The summed E-state index contributed by atoms with van der Waals surface area (Å²) in [6.07, 6.45) is 5.60. The number of rotatable bonds is 6. The summed E-state index contributed by atoms with van der Waals surface area (Å²) in [4.78, 5) is 4.64. The quantitative estimate of drug-likeness (QED) is 0.602. The standard InChI is InChI=1S/C19H27ClN6/c1-2-21-19(23-14-15-7-6-8-16(20)13-15)22-11-10-18-25-24-17-9-4-3-5-12-26(17)18/h6-8,13H,2-5,9-12,14H2,1H3,(H2,21,22,23). The van der Waals surface area contributed by atoms with E-state index in [-0.39, 0.29) is 0 Å². The number of guanidine groups is 1. The Hall–Kier alpha value is -2.08. The van der Waals surface area contributed by atoms with Crippen LogP contribution in [0.5, 0.6) is 0 Å². The van der Waals surface area contributed by atoms with E-state index in [0.717, 1.165) is 60.7 Å². The molecule has 140 valence electrons. The van der Waals surface area contributed by atoms with Gasteiger partial charge in [-0.1, -0.05) is 30.2 Å². The lowest BCUT2D eigenvalue weighted by Gasteiger charge is -2.12. The van der Waals surface area contributed by atoms with Crippen molar-refractivity contribution in [3.05, 3.63) is 46.5 Å². The van der Waals surface area contributed by atoms with Crippen LogP contribution < -0.4 is 10.6 Å². The van der Waals surface area contributed by atoms with Gasteiger partial charge >= 0.3 is 0 Å². The van der Waals surface area contributed by atoms with Crippen molar-refractivity contribution in [2.45, 2.75) is 52.1 Å². The first kappa shape index (κ1) is 18.7. The van der Waals surface area contributed by atoms with Crippen LogP contribution in [0.3, 0.4) is 0 Å². The van der Waals surface area contributed by atoms with Gasteiger partial charge in [0.1, 0.15) is 11.6 Å². The third-order valence-corrected chi connectivity index (χ3v) is 4.72. The molecule has 26 heavy (non-hydrogen) atoms. The average molecular weight is 375 g/mol. The second kappa shape index (κ2) is 9.57. The summed E-state index contributed by atoms with van der Waals surface area (Å²) < 4.78 is 2.30. The number of aromatic nitrogens is 3. The Morgan fingerprint density at radius 1 is 1.23 bits per heavy atom. The molecule has 0 spiro atoms. The molecule has 0 aliphatic carbocycles. The average Bonchev–Trinajstić information content (AvgIpc) is 2.86. The lowest BCUT2D eigenvalue weighted by atomic mass is 10.2. The van der Waals surface area contributed by atoms with E-state index in [1.54, 1.807) is 0 Å². The lowest BCUT2D eigenvalue weighted by Crippen LogP contribution is -2.38. The summed E-state index contributed by atoms with van der Waals surface area (Å²) in [5.41, 5.74) is 1.09. The number of nitrogens with one attached hydrogen (secondary N) is 2. The number of hydrogen-bond acceptors (Lipinski definition) is 3. The van der Waals surface area contributed by atoms with Crippen LogP contribution in [0.25, 0.3) is 0 Å². The van der Waals surface area contributed by atoms with Gasteiger partial charge in [0, 0.05) is 37.5 Å². The molecule has 0 radical (unpaired) electrons. The molecule has 0 atom stereocenters. The zero-order chi connectivity index (χ0) is 18.2. The Morgan fingerprint density at radius 3 is 3.00 bits per heavy atom. The monoisotopic (exact) mass is 374 g/mol. The van der Waals surface area contributed by atoms with Crippen LogP contribution >= 0.6 is 11.6 Å². The second-order valence-electron chi connectivity index (χ2n) is 6.50. The van der Waals surface area contributed by atoms with Gasteiger partial charge < -0.3 is 15.2 Å². The normalized spacial score (nSPS) is 14.6. The lowest BCUT2D eigenvalue weighted by molar-refractivity contribution is 0.600. The van der Waals surface area contributed by atoms with Gasteiger partial charge in [-0.2, -0.15) is 0 Å². The zero-order valence-electron chi connectivity index (χ0n) is 15.3. The van der Waals surface area contributed by atoms with E-state index in [1.807, 2.05) is 24.3 Å². The van der Waals surface area contributed by atoms with Crippen molar-refractivity contribution in [3.8, 4) is 0 Å². The summed E-state index contributed by atoms with van der Waals surface area (Å²) in [6, 6.07) is 7.80. The number of aryl methyl sites for hydroxylation is 1. The van der Waals surface area contributed by atoms with Gasteiger partial charge in [-0.25, -0.2) is 4.99 Å². The van der Waals surface area contributed by atoms with Crippen molar-refractivity contribution < 1.29 is 0 Å². The van der Waals surface area contributed by atoms with E-state index >= 15 is 0 Å². The van der Waals surface area contributed by atoms with Crippen molar-refractivity contribution in [1.29, 1.82) is 0 Å². The van der Waals surface area contributed by atoms with Crippen LogP contribution in [0.1, 0.15) is 43.4 Å². The molecule has 6 nitrogen and oxygen atoms in total. The topological polar surface area (TPSA) is 67.1 Å². The fourth-order valence-electron chi connectivity index (χ4n) is 3.17. The van der Waals surface area contributed by atoms with E-state index in [0.29, 0.717) is 6.54 Å². The van der Waals surface area contributed by atoms with Crippen molar-refractivity contribution in [3.63, 3.8) is 0 Å². The van der Waals surface area contributed by atoms with Crippen LogP contribution in [0.15, 0.2) is 29.3 Å². The molecule has 3 rings (SSSR count). The fraction of sp³-hybridized carbons (Fsp3) is 0.526. The molecular formula is C19H27ClN6. The number of nitrogens with zero attached hydrogens (tertiary/aromatic N) is 4. The molecule has 0 bridgehead atoms. The van der Waals surface area contributed by atoms with Gasteiger partial charge in [-0.15, -0.1) is 10.2 Å². The number of fused-ring (bicyclic) bond motifs is 1. The number of aliphatic imine (C=N–C) groups is 1. The Bertz CT molecular complexity index is 739. The summed E-state index contributed by atoms with van der Waals surface area (Å²) >= 11 is 6.04. The first-order valence-corrected chi connectivity index (χ1v) is 9.81. The smallest absolute Gasteiger partial charge is 0.191 e. The molecular weight excluding hydrogens is 348 g/mol. The summed E-state index contributed by atoms with van der Waals surface area (Å²) in [5, 5.41) is 16.2. The predicted octanol–water partition coefficient (Wildman–Crippen LogP) is 2.96. The molecule has 1 aliphatic heterocycles. The molecule has 0 unspecified atom stereocenters. The van der Waals surface area contributed by atoms with Gasteiger partial charge in [0.25, 0.3) is 0 Å². The highest BCUT2D eigenvalue weighted by atomic mass is 35.5. The van der Waals surface area contributed by atoms with E-state index in [4.69, 9.17) is 11.6 Å². The second-order valence-corrected chi connectivity index (χ2v) is 6.93. The van der Waals surface area contributed by atoms with Gasteiger partial charge in [-0.3, -0.25) is 0 Å². The molecule has 1 aliphatic rings. The maximum Gasteiger partial charge on any atom is 0.191 e. The van der Waals surface area contributed by atoms with Crippen LogP contribution in [0.4, 0.5) is 0 Å². The summed E-state index contributed by atoms with van der Waals surface area (Å²) in [5.74, 6) is 3.02. The van der Waals surface area contributed by atoms with E-state index in [1.165, 1.54) is 19.3 Å². The Labute approximate surface area is 160 Å². The minimum Gasteiger partial charge on any atom is -0.357 e. The minimum atomic E-state index is 0.593. The molecule has 2 N–H and O–H groups in total. The van der Waals surface area contributed by atoms with Crippen LogP contribution in [0.2, 0.25) is 5.02 Å². The Kier molecular flexibility index (Phi) is 6.89. The highest BCUT2D eigenvalue weighted by Gasteiger charge is 2.14. The van der Waals surface area contributed by atoms with E-state index in [2.05, 4.69) is 37.3 Å². The van der Waals surface area contributed by atoms with Crippen LogP contribution in [0, 0.1) is 0 Å². The molecule has 1 aromatic carbocycles. The van der Waals surface area contributed by atoms with Crippen molar-refractivity contribution in [2.24, 2.45) is 4.99 Å². The minimum absolute atomic E-state index is 0.593. The SMILES string of the molecule is CCNC(=NCc1cccc(Cl)c1)NCCc1nnc2n1CCCCC2. The maximum absolute atomic E-state index is 6.04. The summed E-state index contributed by atoms with van der Waals surface area (Å²) in [6.45, 7) is 5.30. The van der Waals surface area contributed by atoms with Gasteiger partial charge in [0.2, 0.25) is 0 Å². The number of hydrogen-bond donors (Lipinski definition) is 2. The highest BCUT2D eigenvalue weighted by Crippen LogP contribution is 2.14. The van der Waals surface area contributed by atoms with Crippen molar-refractivity contribution >= 4 is 17.6 Å². The van der Waals surface area contributed by atoms with Gasteiger partial charge in [0.15, 0.2) is 5.96 Å². The van der Waals surface area contributed by atoms with Crippen LogP contribution in [-0.4, -0.2) is 33.8 Å². The molecule has 2 heterocycles. The summed E-state index contributed by atoms with van der Waals surface area (Å²) in [7, 11) is 0. The van der Waals surface area contributed by atoms with Crippen molar-refractivity contribution in [1.82, 2.24) is 25.4 Å². The third kappa shape index (κ3) is 5.21. The predicted molar refractivity (Wildman–Crippen MR) is 106 cm³/mol. The first-order chi connectivity index (χ1) is 12.8. The number of benzene rings is 1. The molecule has 0 amide bonds. The molecule has 0 fully saturated rings. The Balaban J connectivity index is 1.55. The highest BCUT2D eigenvalue weighted by molar-refractivity contribution is 6.30. The zero-order valence-corrected chi connectivity index (χ0v) is 16.1. The molecule has 1 aromatic heterocycles. The van der Waals surface area contributed by atoms with Crippen molar-refractivity contribution in [2.75, 3.05) is 13.1 Å². The Morgan fingerprint density at radius 2 is 2.15 bits per heavy atom. The fourth-order valence-corrected chi connectivity index (χ4v) is 3.38. The van der Waals surface area contributed by atoms with E-state index < -0.39 is 0 Å². The molecule has 2 aromatic rings. The van der Waals surface area contributed by atoms with Gasteiger partial charge in [0.05, 0.1) is 6.54 Å². The molecule has 0 saturated carbocycles. The number of halogens is 1.